The molecule has 2 aromatic rings. The van der Waals surface area contributed by atoms with E-state index in [-0.39, 0.29) is 11.9 Å². The van der Waals surface area contributed by atoms with Crippen LogP contribution >= 0.6 is 0 Å². The average molecular weight is 298 g/mol. The van der Waals surface area contributed by atoms with Crippen LogP contribution in [-0.4, -0.2) is 21.9 Å². The van der Waals surface area contributed by atoms with Crippen molar-refractivity contribution in [2.75, 3.05) is 5.32 Å². The maximum Gasteiger partial charge on any atom is 0.270 e. The highest BCUT2D eigenvalue weighted by Crippen LogP contribution is 2.13. The molecule has 2 N–H and O–H groups in total. The third-order valence-corrected chi connectivity index (χ3v) is 3.55. The SMILES string of the molecule is CCC(C)Nc1cc(C(=O)NC(C)c2ccccc2)ncn1. The van der Waals surface area contributed by atoms with Crippen LogP contribution in [0.2, 0.25) is 0 Å². The van der Waals surface area contributed by atoms with Crippen molar-refractivity contribution in [3.8, 4) is 0 Å². The summed E-state index contributed by atoms with van der Waals surface area (Å²) in [7, 11) is 0. The van der Waals surface area contributed by atoms with Gasteiger partial charge in [-0.25, -0.2) is 9.97 Å². The molecule has 0 radical (unpaired) electrons. The molecule has 0 saturated carbocycles. The molecule has 116 valence electrons. The van der Waals surface area contributed by atoms with Crippen LogP contribution in [0, 0.1) is 0 Å². The van der Waals surface area contributed by atoms with Gasteiger partial charge in [0, 0.05) is 12.1 Å². The third-order valence-electron chi connectivity index (χ3n) is 3.55. The molecular formula is C17H22N4O. The van der Waals surface area contributed by atoms with Crippen molar-refractivity contribution in [3.05, 3.63) is 54.0 Å². The predicted octanol–water partition coefficient (Wildman–Crippen LogP) is 3.18. The first-order valence-electron chi connectivity index (χ1n) is 7.54. The van der Waals surface area contributed by atoms with Crippen molar-refractivity contribution in [2.24, 2.45) is 0 Å². The molecule has 0 bridgehead atoms. The Bertz CT molecular complexity index is 615. The van der Waals surface area contributed by atoms with Gasteiger partial charge in [0.1, 0.15) is 17.8 Å². The average Bonchev–Trinajstić information content (AvgIpc) is 2.55. The van der Waals surface area contributed by atoms with Crippen LogP contribution in [0.4, 0.5) is 5.82 Å². The van der Waals surface area contributed by atoms with Crippen LogP contribution in [0.1, 0.15) is 49.3 Å². The zero-order valence-corrected chi connectivity index (χ0v) is 13.2. The summed E-state index contributed by atoms with van der Waals surface area (Å²) < 4.78 is 0. The van der Waals surface area contributed by atoms with Crippen LogP contribution in [0.5, 0.6) is 0 Å². The first kappa shape index (κ1) is 15.9. The van der Waals surface area contributed by atoms with E-state index in [2.05, 4.69) is 34.4 Å². The van der Waals surface area contributed by atoms with Gasteiger partial charge >= 0.3 is 0 Å². The molecule has 1 aromatic carbocycles. The van der Waals surface area contributed by atoms with Crippen LogP contribution in [0.25, 0.3) is 0 Å². The summed E-state index contributed by atoms with van der Waals surface area (Å²) in [6, 6.07) is 11.7. The van der Waals surface area contributed by atoms with E-state index in [1.807, 2.05) is 37.3 Å². The van der Waals surface area contributed by atoms with Gasteiger partial charge in [0.25, 0.3) is 5.91 Å². The second-order valence-corrected chi connectivity index (χ2v) is 5.35. The summed E-state index contributed by atoms with van der Waals surface area (Å²) in [6.45, 7) is 6.11. The topological polar surface area (TPSA) is 66.9 Å². The van der Waals surface area contributed by atoms with E-state index >= 15 is 0 Å². The zero-order chi connectivity index (χ0) is 15.9. The lowest BCUT2D eigenvalue weighted by Gasteiger charge is -2.15. The van der Waals surface area contributed by atoms with Crippen molar-refractivity contribution in [3.63, 3.8) is 0 Å². The van der Waals surface area contributed by atoms with Gasteiger partial charge < -0.3 is 10.6 Å². The molecule has 2 unspecified atom stereocenters. The molecule has 2 rings (SSSR count). The summed E-state index contributed by atoms with van der Waals surface area (Å²) in [5.74, 6) is 0.466. The Morgan fingerprint density at radius 3 is 2.59 bits per heavy atom. The fourth-order valence-electron chi connectivity index (χ4n) is 2.01. The van der Waals surface area contributed by atoms with Gasteiger partial charge in [-0.2, -0.15) is 0 Å². The Hall–Kier alpha value is -2.43. The number of anilines is 1. The van der Waals surface area contributed by atoms with Crippen LogP contribution in [0.15, 0.2) is 42.7 Å². The highest BCUT2D eigenvalue weighted by Gasteiger charge is 2.13. The standard InChI is InChI=1S/C17H22N4O/c1-4-12(2)20-16-10-15(18-11-19-16)17(22)21-13(3)14-8-6-5-7-9-14/h5-13H,4H2,1-3H3,(H,21,22)(H,18,19,20). The van der Waals surface area contributed by atoms with Crippen molar-refractivity contribution >= 4 is 11.7 Å². The van der Waals surface area contributed by atoms with Gasteiger partial charge in [-0.15, -0.1) is 0 Å². The normalized spacial score (nSPS) is 13.2. The minimum Gasteiger partial charge on any atom is -0.368 e. The number of aromatic nitrogens is 2. The molecule has 1 amide bonds. The summed E-state index contributed by atoms with van der Waals surface area (Å²) in [5, 5.41) is 6.19. The smallest absolute Gasteiger partial charge is 0.270 e. The van der Waals surface area contributed by atoms with Gasteiger partial charge in [-0.05, 0) is 25.8 Å². The Balaban J connectivity index is 2.05. The number of carbonyl (C=O) groups is 1. The predicted molar refractivity (Wildman–Crippen MR) is 87.7 cm³/mol. The van der Waals surface area contributed by atoms with Crippen molar-refractivity contribution in [2.45, 2.75) is 39.3 Å². The van der Waals surface area contributed by atoms with E-state index in [1.165, 1.54) is 6.33 Å². The van der Waals surface area contributed by atoms with E-state index < -0.39 is 0 Å². The molecule has 0 fully saturated rings. The molecule has 1 heterocycles. The number of amides is 1. The lowest BCUT2D eigenvalue weighted by atomic mass is 10.1. The van der Waals surface area contributed by atoms with Crippen LogP contribution < -0.4 is 10.6 Å². The second-order valence-electron chi connectivity index (χ2n) is 5.35. The molecular weight excluding hydrogens is 276 g/mol. The number of benzene rings is 1. The van der Waals surface area contributed by atoms with E-state index in [9.17, 15) is 4.79 Å². The highest BCUT2D eigenvalue weighted by molar-refractivity contribution is 5.93. The molecule has 0 saturated heterocycles. The second kappa shape index (κ2) is 7.54. The Morgan fingerprint density at radius 1 is 1.18 bits per heavy atom. The van der Waals surface area contributed by atoms with Gasteiger partial charge in [-0.1, -0.05) is 37.3 Å². The lowest BCUT2D eigenvalue weighted by Crippen LogP contribution is -2.27. The quantitative estimate of drug-likeness (QED) is 0.859. The number of hydrogen-bond donors (Lipinski definition) is 2. The number of rotatable bonds is 6. The number of hydrogen-bond acceptors (Lipinski definition) is 4. The van der Waals surface area contributed by atoms with Crippen molar-refractivity contribution < 1.29 is 4.79 Å². The minimum absolute atomic E-state index is 0.0744. The molecule has 0 aliphatic rings. The van der Waals surface area contributed by atoms with Crippen molar-refractivity contribution in [1.82, 2.24) is 15.3 Å². The highest BCUT2D eigenvalue weighted by atomic mass is 16.1. The van der Waals surface area contributed by atoms with E-state index in [1.54, 1.807) is 6.07 Å². The maximum atomic E-state index is 12.3. The first-order valence-corrected chi connectivity index (χ1v) is 7.54. The van der Waals surface area contributed by atoms with Gasteiger partial charge in [0.15, 0.2) is 0 Å². The Labute approximate surface area is 131 Å². The molecule has 0 spiro atoms. The summed E-state index contributed by atoms with van der Waals surface area (Å²) >= 11 is 0. The molecule has 1 aromatic heterocycles. The van der Waals surface area contributed by atoms with Crippen LogP contribution in [-0.2, 0) is 0 Å². The zero-order valence-electron chi connectivity index (χ0n) is 13.2. The maximum absolute atomic E-state index is 12.3. The summed E-state index contributed by atoms with van der Waals surface area (Å²) in [5.41, 5.74) is 1.42. The van der Waals surface area contributed by atoms with E-state index in [0.717, 1.165) is 12.0 Å². The molecule has 5 heteroatoms. The molecule has 2 atom stereocenters. The Kier molecular flexibility index (Phi) is 5.47. The molecule has 0 aliphatic heterocycles. The summed E-state index contributed by atoms with van der Waals surface area (Å²) in [6.07, 6.45) is 2.39. The van der Waals surface area contributed by atoms with Crippen molar-refractivity contribution in [1.29, 1.82) is 0 Å². The molecule has 22 heavy (non-hydrogen) atoms. The number of carbonyl (C=O) groups excluding carboxylic acids is 1. The van der Waals surface area contributed by atoms with Gasteiger partial charge in [0.05, 0.1) is 6.04 Å². The molecule has 5 nitrogen and oxygen atoms in total. The van der Waals surface area contributed by atoms with E-state index in [0.29, 0.717) is 17.6 Å². The number of nitrogens with zero attached hydrogens (tertiary/aromatic N) is 2. The first-order chi connectivity index (χ1) is 10.6. The Morgan fingerprint density at radius 2 is 1.91 bits per heavy atom. The van der Waals surface area contributed by atoms with Gasteiger partial charge in [-0.3, -0.25) is 4.79 Å². The monoisotopic (exact) mass is 298 g/mol. The summed E-state index contributed by atoms with van der Waals surface area (Å²) in [4.78, 5) is 20.5. The van der Waals surface area contributed by atoms with Gasteiger partial charge in [0.2, 0.25) is 0 Å². The minimum atomic E-state index is -0.203. The van der Waals surface area contributed by atoms with E-state index in [4.69, 9.17) is 0 Å². The number of nitrogens with one attached hydrogen (secondary N) is 2. The largest absolute Gasteiger partial charge is 0.368 e. The molecule has 0 aliphatic carbocycles. The van der Waals surface area contributed by atoms with Crippen LogP contribution in [0.3, 0.4) is 0 Å². The fraction of sp³-hybridized carbons (Fsp3) is 0.353. The third kappa shape index (κ3) is 4.28. The fourth-order valence-corrected chi connectivity index (χ4v) is 2.01. The lowest BCUT2D eigenvalue weighted by molar-refractivity contribution is 0.0934.